The van der Waals surface area contributed by atoms with Crippen LogP contribution in [0.15, 0.2) is 42.5 Å². The fourth-order valence-electron chi connectivity index (χ4n) is 4.60. The van der Waals surface area contributed by atoms with Crippen LogP contribution < -0.4 is 9.47 Å². The quantitative estimate of drug-likeness (QED) is 0.673. The molecule has 4 rings (SSSR count). The fourth-order valence-corrected chi connectivity index (χ4v) is 5.53. The number of hydrogen-bond donors (Lipinski definition) is 2. The Morgan fingerprint density at radius 2 is 1.65 bits per heavy atom. The Morgan fingerprint density at radius 3 is 2.19 bits per heavy atom. The van der Waals surface area contributed by atoms with Gasteiger partial charge in [-0.1, -0.05) is 30.3 Å². The van der Waals surface area contributed by atoms with Crippen molar-refractivity contribution in [2.24, 2.45) is 0 Å². The van der Waals surface area contributed by atoms with E-state index in [2.05, 4.69) is 0 Å². The van der Waals surface area contributed by atoms with Crippen LogP contribution in [0.25, 0.3) is 0 Å². The Kier molecular flexibility index (Phi) is 6.25. The molecular formula is C23H29NO6S. The van der Waals surface area contributed by atoms with Crippen molar-refractivity contribution >= 4 is 9.84 Å². The molecule has 0 radical (unpaired) electrons. The molecule has 0 amide bonds. The van der Waals surface area contributed by atoms with E-state index in [0.717, 1.165) is 31.9 Å². The first-order valence-electron chi connectivity index (χ1n) is 10.5. The average molecular weight is 448 g/mol. The molecule has 1 saturated carbocycles. The lowest BCUT2D eigenvalue weighted by atomic mass is 10.1. The molecule has 0 spiro atoms. The van der Waals surface area contributed by atoms with E-state index in [9.17, 15) is 18.6 Å². The molecule has 7 nitrogen and oxygen atoms in total. The van der Waals surface area contributed by atoms with E-state index >= 15 is 0 Å². The zero-order valence-electron chi connectivity index (χ0n) is 17.8. The monoisotopic (exact) mass is 447 g/mol. The minimum atomic E-state index is -3.43. The van der Waals surface area contributed by atoms with E-state index in [1.165, 1.54) is 4.90 Å². The molecule has 3 atom stereocenters. The lowest BCUT2D eigenvalue weighted by molar-refractivity contribution is -0.107. The van der Waals surface area contributed by atoms with Gasteiger partial charge in [-0.15, -0.1) is 0 Å². The second-order valence-electron chi connectivity index (χ2n) is 8.37. The van der Waals surface area contributed by atoms with Crippen LogP contribution >= 0.6 is 0 Å². The number of rotatable bonds is 7. The molecule has 2 N–H and O–H groups in total. The van der Waals surface area contributed by atoms with Crippen LogP contribution in [-0.2, 0) is 9.84 Å². The summed E-state index contributed by atoms with van der Waals surface area (Å²) >= 11 is 0. The van der Waals surface area contributed by atoms with Crippen molar-refractivity contribution in [3.05, 3.63) is 59.2 Å². The van der Waals surface area contributed by atoms with Crippen molar-refractivity contribution in [3.8, 4) is 11.5 Å². The second kappa shape index (κ2) is 8.78. The van der Waals surface area contributed by atoms with Crippen molar-refractivity contribution in [1.82, 2.24) is 4.90 Å². The second-order valence-corrected chi connectivity index (χ2v) is 10.6. The number of benzene rings is 2. The van der Waals surface area contributed by atoms with Crippen LogP contribution in [-0.4, -0.2) is 48.8 Å². The number of sulfone groups is 1. The summed E-state index contributed by atoms with van der Waals surface area (Å²) in [4.78, 5) is 1.44. The summed E-state index contributed by atoms with van der Waals surface area (Å²) in [6.07, 6.45) is 3.18. The topological polar surface area (TPSA) is 96.3 Å². The highest BCUT2D eigenvalue weighted by Gasteiger charge is 2.42. The number of ether oxygens (including phenoxy) is 2. The largest absolute Gasteiger partial charge is 0.493 e. The molecule has 1 heterocycles. The highest BCUT2D eigenvalue weighted by atomic mass is 32.2. The third-order valence-corrected chi connectivity index (χ3v) is 7.03. The first-order valence-corrected chi connectivity index (χ1v) is 12.6. The van der Waals surface area contributed by atoms with Gasteiger partial charge in [0.2, 0.25) is 0 Å². The van der Waals surface area contributed by atoms with Crippen LogP contribution in [0.3, 0.4) is 0 Å². The summed E-state index contributed by atoms with van der Waals surface area (Å²) in [5.41, 5.74) is 1.78. The molecule has 1 aliphatic heterocycles. The maximum atomic E-state index is 12.3. The van der Waals surface area contributed by atoms with Gasteiger partial charge in [0.25, 0.3) is 0 Å². The van der Waals surface area contributed by atoms with E-state index in [0.29, 0.717) is 28.2 Å². The van der Waals surface area contributed by atoms with E-state index in [1.54, 1.807) is 49.6 Å². The van der Waals surface area contributed by atoms with Crippen molar-refractivity contribution < 1.29 is 28.1 Å². The predicted octanol–water partition coefficient (Wildman–Crippen LogP) is 3.10. The van der Waals surface area contributed by atoms with Gasteiger partial charge in [-0.2, -0.15) is 0 Å². The number of methoxy groups -OCH3 is 1. The van der Waals surface area contributed by atoms with Gasteiger partial charge < -0.3 is 19.7 Å². The maximum absolute atomic E-state index is 12.3. The Bertz CT molecular complexity index is 1010. The predicted molar refractivity (Wildman–Crippen MR) is 117 cm³/mol. The summed E-state index contributed by atoms with van der Waals surface area (Å²) in [5.74, 6) is 0.857. The molecule has 0 aromatic heterocycles. The summed E-state index contributed by atoms with van der Waals surface area (Å²) < 4.78 is 36.2. The van der Waals surface area contributed by atoms with Crippen molar-refractivity contribution in [2.45, 2.75) is 50.3 Å². The zero-order valence-corrected chi connectivity index (χ0v) is 18.6. The normalized spacial score (nSPS) is 23.0. The summed E-state index contributed by atoms with van der Waals surface area (Å²) in [6, 6.07) is 11.6. The van der Waals surface area contributed by atoms with Crippen molar-refractivity contribution in [2.75, 3.05) is 19.1 Å². The maximum Gasteiger partial charge on any atom is 0.161 e. The van der Waals surface area contributed by atoms with E-state index < -0.39 is 28.3 Å². The highest BCUT2D eigenvalue weighted by Crippen LogP contribution is 2.46. The van der Waals surface area contributed by atoms with E-state index in [-0.39, 0.29) is 11.9 Å². The zero-order chi connectivity index (χ0) is 22.2. The fraction of sp³-hybridized carbons (Fsp3) is 0.478. The number of aliphatic hydroxyl groups is 2. The van der Waals surface area contributed by atoms with Gasteiger partial charge in [0.05, 0.1) is 25.0 Å². The number of fused-ring (bicyclic) bond motifs is 1. The van der Waals surface area contributed by atoms with Gasteiger partial charge in [0.1, 0.15) is 22.3 Å². The summed E-state index contributed by atoms with van der Waals surface area (Å²) in [7, 11) is -1.87. The van der Waals surface area contributed by atoms with Crippen LogP contribution in [0.4, 0.5) is 0 Å². The minimum absolute atomic E-state index is 0.102. The molecule has 0 bridgehead atoms. The SMILES string of the molecule is COc1ccc(C(CS(C)(=O)=O)N2C(O)c3ccccc3C2O)cc1OC1CCCC1. The molecule has 8 heteroatoms. The molecule has 2 aromatic carbocycles. The lowest BCUT2D eigenvalue weighted by Crippen LogP contribution is -2.35. The van der Waals surface area contributed by atoms with Gasteiger partial charge in [-0.05, 0) is 43.4 Å². The van der Waals surface area contributed by atoms with Crippen molar-refractivity contribution in [1.29, 1.82) is 0 Å². The van der Waals surface area contributed by atoms with E-state index in [4.69, 9.17) is 9.47 Å². The highest BCUT2D eigenvalue weighted by molar-refractivity contribution is 7.90. The Balaban J connectivity index is 1.73. The van der Waals surface area contributed by atoms with E-state index in [1.807, 2.05) is 0 Å². The summed E-state index contributed by atoms with van der Waals surface area (Å²) in [6.45, 7) is 0. The van der Waals surface area contributed by atoms with Gasteiger partial charge >= 0.3 is 0 Å². The summed E-state index contributed by atoms with van der Waals surface area (Å²) in [5, 5.41) is 21.9. The molecule has 2 aliphatic rings. The van der Waals surface area contributed by atoms with Crippen LogP contribution in [0.5, 0.6) is 11.5 Å². The number of hydrogen-bond acceptors (Lipinski definition) is 7. The molecule has 1 aliphatic carbocycles. The number of nitrogens with zero attached hydrogens (tertiary/aromatic N) is 1. The Labute approximate surface area is 183 Å². The third-order valence-electron chi connectivity index (χ3n) is 6.11. The average Bonchev–Trinajstić information content (AvgIpc) is 3.33. The number of aliphatic hydroxyl groups excluding tert-OH is 2. The van der Waals surface area contributed by atoms with Gasteiger partial charge in [0, 0.05) is 17.4 Å². The minimum Gasteiger partial charge on any atom is -0.493 e. The molecule has 3 unspecified atom stereocenters. The van der Waals surface area contributed by atoms with Crippen LogP contribution in [0.1, 0.15) is 60.9 Å². The van der Waals surface area contributed by atoms with Gasteiger partial charge in [-0.25, -0.2) is 13.3 Å². The van der Waals surface area contributed by atoms with Gasteiger partial charge in [-0.3, -0.25) is 0 Å². The standard InChI is InChI=1S/C23H29NO6S/c1-29-20-12-11-15(13-21(20)30-16-7-3-4-8-16)19(14-31(2,27)28)24-22(25)17-9-5-6-10-18(17)23(24)26/h5-6,9-13,16,19,22-23,25-26H,3-4,7-8,14H2,1-2H3. The lowest BCUT2D eigenvalue weighted by Gasteiger charge is -2.33. The molecule has 2 aromatic rings. The smallest absolute Gasteiger partial charge is 0.161 e. The molecule has 1 fully saturated rings. The molecular weight excluding hydrogens is 418 g/mol. The molecule has 168 valence electrons. The van der Waals surface area contributed by atoms with Crippen molar-refractivity contribution in [3.63, 3.8) is 0 Å². The molecule has 31 heavy (non-hydrogen) atoms. The first-order chi connectivity index (χ1) is 14.8. The Morgan fingerprint density at radius 1 is 1.03 bits per heavy atom. The first kappa shape index (κ1) is 22.1. The molecule has 0 saturated heterocycles. The Hall–Kier alpha value is -2.13. The third kappa shape index (κ3) is 4.57. The van der Waals surface area contributed by atoms with Gasteiger partial charge in [0.15, 0.2) is 11.5 Å². The van der Waals surface area contributed by atoms with Crippen LogP contribution in [0, 0.1) is 0 Å². The van der Waals surface area contributed by atoms with Crippen LogP contribution in [0.2, 0.25) is 0 Å².